The van der Waals surface area contributed by atoms with Crippen molar-refractivity contribution in [3.63, 3.8) is 0 Å². The molecule has 19 heavy (non-hydrogen) atoms. The third-order valence-corrected chi connectivity index (χ3v) is 4.20. The summed E-state index contributed by atoms with van der Waals surface area (Å²) in [4.78, 5) is 2.42. The molecule has 0 radical (unpaired) electrons. The second-order valence-corrected chi connectivity index (χ2v) is 5.81. The molecule has 1 atom stereocenters. The zero-order valence-electron chi connectivity index (χ0n) is 11.6. The normalized spacial score (nSPS) is 20.5. The molecule has 1 heterocycles. The maximum Gasteiger partial charge on any atom is 0.0874 e. The second kappa shape index (κ2) is 6.59. The van der Waals surface area contributed by atoms with E-state index in [1.165, 1.54) is 0 Å². The minimum Gasteiger partial charge on any atom is -0.398 e. The Morgan fingerprint density at radius 3 is 3.05 bits per heavy atom. The van der Waals surface area contributed by atoms with Gasteiger partial charge in [0.25, 0.3) is 0 Å². The summed E-state index contributed by atoms with van der Waals surface area (Å²) in [5.74, 6) is 0. The van der Waals surface area contributed by atoms with Crippen molar-refractivity contribution in [1.29, 1.82) is 0 Å². The van der Waals surface area contributed by atoms with E-state index >= 15 is 0 Å². The smallest absolute Gasteiger partial charge is 0.0874 e. The highest BCUT2D eigenvalue weighted by molar-refractivity contribution is 9.10. The number of hydrogen-bond donors (Lipinski definition) is 2. The van der Waals surface area contributed by atoms with Gasteiger partial charge in [0.05, 0.1) is 12.7 Å². The third-order valence-electron chi connectivity index (χ3n) is 3.55. The molecule has 1 fully saturated rings. The van der Waals surface area contributed by atoms with E-state index in [4.69, 9.17) is 10.5 Å². The van der Waals surface area contributed by atoms with Crippen molar-refractivity contribution in [2.75, 3.05) is 43.8 Å². The molecule has 1 aliphatic heterocycles. The van der Waals surface area contributed by atoms with Gasteiger partial charge in [0.2, 0.25) is 0 Å². The first-order chi connectivity index (χ1) is 9.10. The van der Waals surface area contributed by atoms with Crippen molar-refractivity contribution in [1.82, 2.24) is 4.90 Å². The van der Waals surface area contributed by atoms with Gasteiger partial charge in [0.15, 0.2) is 0 Å². The van der Waals surface area contributed by atoms with Crippen LogP contribution in [0.1, 0.15) is 12.5 Å². The van der Waals surface area contributed by atoms with Crippen molar-refractivity contribution < 1.29 is 4.74 Å². The first-order valence-electron chi connectivity index (χ1n) is 6.73. The molecule has 0 aliphatic carbocycles. The second-order valence-electron chi connectivity index (χ2n) is 4.96. The minimum absolute atomic E-state index is 0.249. The van der Waals surface area contributed by atoms with Crippen molar-refractivity contribution in [3.05, 3.63) is 22.2 Å². The lowest BCUT2D eigenvalue weighted by Crippen LogP contribution is -2.45. The monoisotopic (exact) mass is 327 g/mol. The van der Waals surface area contributed by atoms with Crippen LogP contribution in [0.15, 0.2) is 16.6 Å². The van der Waals surface area contributed by atoms with E-state index in [1.54, 1.807) is 0 Å². The van der Waals surface area contributed by atoms with Crippen molar-refractivity contribution in [2.24, 2.45) is 0 Å². The van der Waals surface area contributed by atoms with Crippen molar-refractivity contribution in [3.8, 4) is 0 Å². The van der Waals surface area contributed by atoms with Crippen molar-refractivity contribution in [2.45, 2.75) is 20.0 Å². The molecule has 2 rings (SSSR count). The Morgan fingerprint density at radius 1 is 1.53 bits per heavy atom. The van der Waals surface area contributed by atoms with Gasteiger partial charge in [0.1, 0.15) is 0 Å². The number of rotatable bonds is 4. The predicted octanol–water partition coefficient (Wildman–Crippen LogP) is 2.47. The Labute approximate surface area is 123 Å². The van der Waals surface area contributed by atoms with Gasteiger partial charge >= 0.3 is 0 Å². The summed E-state index contributed by atoms with van der Waals surface area (Å²) in [6.45, 7) is 8.97. The average Bonchev–Trinajstić information content (AvgIpc) is 2.41. The summed E-state index contributed by atoms with van der Waals surface area (Å²) < 4.78 is 6.78. The largest absolute Gasteiger partial charge is 0.398 e. The topological polar surface area (TPSA) is 50.5 Å². The zero-order chi connectivity index (χ0) is 13.8. The third kappa shape index (κ3) is 3.84. The Hall–Kier alpha value is -0.780. The quantitative estimate of drug-likeness (QED) is 0.834. The molecule has 1 aliphatic rings. The summed E-state index contributed by atoms with van der Waals surface area (Å²) in [5.41, 5.74) is 8.85. The number of nitrogen functional groups attached to an aromatic ring is 1. The van der Waals surface area contributed by atoms with E-state index in [2.05, 4.69) is 39.1 Å². The van der Waals surface area contributed by atoms with Crippen LogP contribution in [0, 0.1) is 6.92 Å². The zero-order valence-corrected chi connectivity index (χ0v) is 13.2. The number of nitrogens with one attached hydrogen (secondary N) is 1. The Balaban J connectivity index is 1.93. The van der Waals surface area contributed by atoms with Crippen LogP contribution < -0.4 is 11.1 Å². The number of morpholine rings is 1. The first kappa shape index (κ1) is 14.6. The van der Waals surface area contributed by atoms with Crippen LogP contribution in [0.5, 0.6) is 0 Å². The SMILES string of the molecule is CCN1CCOC(CNc2cc(C)c(N)cc2Br)C1. The van der Waals surface area contributed by atoms with Crippen LogP contribution >= 0.6 is 15.9 Å². The molecule has 1 aromatic rings. The molecule has 0 amide bonds. The van der Waals surface area contributed by atoms with Crippen molar-refractivity contribution >= 4 is 27.3 Å². The number of ether oxygens (including phenoxy) is 1. The number of anilines is 2. The first-order valence-corrected chi connectivity index (χ1v) is 7.53. The number of nitrogens with zero attached hydrogens (tertiary/aromatic N) is 1. The fourth-order valence-corrected chi connectivity index (χ4v) is 2.75. The molecule has 0 aromatic heterocycles. The molecular weight excluding hydrogens is 306 g/mol. The van der Waals surface area contributed by atoms with Crippen LogP contribution in [0.2, 0.25) is 0 Å². The number of aryl methyl sites for hydroxylation is 1. The van der Waals surface area contributed by atoms with Crippen LogP contribution in [0.4, 0.5) is 11.4 Å². The van der Waals surface area contributed by atoms with E-state index in [0.29, 0.717) is 0 Å². The lowest BCUT2D eigenvalue weighted by atomic mass is 10.2. The fourth-order valence-electron chi connectivity index (χ4n) is 2.25. The fraction of sp³-hybridized carbons (Fsp3) is 0.571. The molecule has 0 bridgehead atoms. The highest BCUT2D eigenvalue weighted by Crippen LogP contribution is 2.27. The number of likely N-dealkylation sites (N-methyl/N-ethyl adjacent to an activating group) is 1. The van der Waals surface area contributed by atoms with Crippen LogP contribution in [0.25, 0.3) is 0 Å². The summed E-state index contributed by atoms with van der Waals surface area (Å²) in [6.07, 6.45) is 0.249. The molecule has 0 saturated carbocycles. The average molecular weight is 328 g/mol. The van der Waals surface area contributed by atoms with E-state index in [1.807, 2.05) is 13.0 Å². The molecule has 1 saturated heterocycles. The molecule has 1 aromatic carbocycles. The van der Waals surface area contributed by atoms with Gasteiger partial charge in [-0.15, -0.1) is 0 Å². The van der Waals surface area contributed by atoms with Crippen LogP contribution in [0.3, 0.4) is 0 Å². The molecule has 1 unspecified atom stereocenters. The molecule has 5 heteroatoms. The highest BCUT2D eigenvalue weighted by Gasteiger charge is 2.19. The van der Waals surface area contributed by atoms with E-state index in [-0.39, 0.29) is 6.10 Å². The summed E-state index contributed by atoms with van der Waals surface area (Å²) >= 11 is 3.54. The molecule has 106 valence electrons. The summed E-state index contributed by atoms with van der Waals surface area (Å²) in [5, 5.41) is 3.44. The minimum atomic E-state index is 0.249. The number of halogens is 1. The van der Waals surface area contributed by atoms with E-state index in [0.717, 1.165) is 54.2 Å². The Morgan fingerprint density at radius 2 is 2.32 bits per heavy atom. The van der Waals surface area contributed by atoms with Gasteiger partial charge in [-0.3, -0.25) is 4.90 Å². The van der Waals surface area contributed by atoms with Gasteiger partial charge in [-0.05, 0) is 47.1 Å². The summed E-state index contributed by atoms with van der Waals surface area (Å²) in [6, 6.07) is 4.01. The van der Waals surface area contributed by atoms with Gasteiger partial charge in [0, 0.05) is 35.5 Å². The standard InChI is InChI=1S/C14H22BrN3O/c1-3-18-4-5-19-11(9-18)8-17-14-6-10(2)13(16)7-12(14)15/h6-7,11,17H,3-5,8-9,16H2,1-2H3. The van der Waals surface area contributed by atoms with E-state index in [9.17, 15) is 0 Å². The van der Waals surface area contributed by atoms with Gasteiger partial charge in [-0.25, -0.2) is 0 Å². The molecule has 3 N–H and O–H groups in total. The lowest BCUT2D eigenvalue weighted by molar-refractivity contribution is -0.0191. The number of benzene rings is 1. The Kier molecular flexibility index (Phi) is 5.07. The Bertz CT molecular complexity index is 439. The highest BCUT2D eigenvalue weighted by atomic mass is 79.9. The lowest BCUT2D eigenvalue weighted by Gasteiger charge is -2.32. The van der Waals surface area contributed by atoms with Gasteiger partial charge in [-0.2, -0.15) is 0 Å². The van der Waals surface area contributed by atoms with Crippen LogP contribution in [-0.4, -0.2) is 43.8 Å². The van der Waals surface area contributed by atoms with Gasteiger partial charge in [-0.1, -0.05) is 6.92 Å². The summed E-state index contributed by atoms with van der Waals surface area (Å²) in [7, 11) is 0. The van der Waals surface area contributed by atoms with Crippen LogP contribution in [-0.2, 0) is 4.74 Å². The molecule has 4 nitrogen and oxygen atoms in total. The maximum absolute atomic E-state index is 5.88. The number of nitrogens with two attached hydrogens (primary N) is 1. The van der Waals surface area contributed by atoms with Gasteiger partial charge < -0.3 is 15.8 Å². The number of hydrogen-bond acceptors (Lipinski definition) is 4. The maximum atomic E-state index is 5.88. The predicted molar refractivity (Wildman–Crippen MR) is 83.6 cm³/mol. The molecule has 0 spiro atoms. The molecular formula is C14H22BrN3O. The van der Waals surface area contributed by atoms with E-state index < -0.39 is 0 Å².